The van der Waals surface area contributed by atoms with Gasteiger partial charge in [0.15, 0.2) is 5.84 Å². The highest BCUT2D eigenvalue weighted by Crippen LogP contribution is 2.26. The summed E-state index contributed by atoms with van der Waals surface area (Å²) < 4.78 is 14.3. The summed E-state index contributed by atoms with van der Waals surface area (Å²) in [6.45, 7) is 2.62. The van der Waals surface area contributed by atoms with Gasteiger partial charge < -0.3 is 16.3 Å². The van der Waals surface area contributed by atoms with Gasteiger partial charge in [0.05, 0.1) is 5.56 Å². The summed E-state index contributed by atoms with van der Waals surface area (Å²) in [4.78, 5) is 0. The summed E-state index contributed by atoms with van der Waals surface area (Å²) in [6.07, 6.45) is 6.43. The number of halogens is 1. The number of rotatable bonds is 5. The molecule has 116 valence electrons. The lowest BCUT2D eigenvalue weighted by Crippen LogP contribution is -2.34. The number of hydrogen-bond donors (Lipinski definition) is 3. The van der Waals surface area contributed by atoms with Gasteiger partial charge in [-0.05, 0) is 31.7 Å². The predicted molar refractivity (Wildman–Crippen MR) is 81.8 cm³/mol. The lowest BCUT2D eigenvalue weighted by molar-refractivity contribution is 0.280. The average Bonchev–Trinajstić information content (AvgIpc) is 2.53. The molecule has 21 heavy (non-hydrogen) atoms. The van der Waals surface area contributed by atoms with Crippen molar-refractivity contribution < 1.29 is 9.60 Å². The number of nitrogens with one attached hydrogen (secondary N) is 1. The van der Waals surface area contributed by atoms with Crippen LogP contribution in [0.3, 0.4) is 0 Å². The molecule has 0 bridgehead atoms. The van der Waals surface area contributed by atoms with Crippen LogP contribution in [0, 0.1) is 11.7 Å². The molecule has 1 aliphatic rings. The van der Waals surface area contributed by atoms with Gasteiger partial charge in [0.2, 0.25) is 0 Å². The summed E-state index contributed by atoms with van der Waals surface area (Å²) in [5.41, 5.74) is 6.16. The maximum atomic E-state index is 14.3. The molecule has 0 saturated heterocycles. The van der Waals surface area contributed by atoms with Crippen molar-refractivity contribution in [3.63, 3.8) is 0 Å². The van der Waals surface area contributed by atoms with E-state index in [1.54, 1.807) is 12.1 Å². The van der Waals surface area contributed by atoms with Crippen molar-refractivity contribution in [2.24, 2.45) is 16.8 Å². The van der Waals surface area contributed by atoms with Crippen LogP contribution in [0.5, 0.6) is 0 Å². The molecule has 1 aromatic rings. The number of nitrogens with zero attached hydrogens (tertiary/aromatic N) is 1. The van der Waals surface area contributed by atoms with Gasteiger partial charge in [0.25, 0.3) is 0 Å². The monoisotopic (exact) mass is 293 g/mol. The summed E-state index contributed by atoms with van der Waals surface area (Å²) in [6, 6.07) is 5.33. The maximum Gasteiger partial charge on any atom is 0.173 e. The Hall–Kier alpha value is -1.62. The van der Waals surface area contributed by atoms with E-state index in [2.05, 4.69) is 17.4 Å². The molecular weight excluding hydrogens is 269 g/mol. The van der Waals surface area contributed by atoms with Crippen LogP contribution in [0.1, 0.15) is 50.2 Å². The summed E-state index contributed by atoms with van der Waals surface area (Å²) in [5, 5.41) is 14.9. The summed E-state index contributed by atoms with van der Waals surface area (Å²) >= 11 is 0. The minimum absolute atomic E-state index is 0.141. The Labute approximate surface area is 125 Å². The van der Waals surface area contributed by atoms with Gasteiger partial charge >= 0.3 is 0 Å². The molecule has 5 heteroatoms. The van der Waals surface area contributed by atoms with E-state index in [1.165, 1.54) is 38.2 Å². The third-order valence-corrected chi connectivity index (χ3v) is 4.43. The first kappa shape index (κ1) is 15.8. The first-order valence-corrected chi connectivity index (χ1v) is 7.62. The molecule has 1 unspecified atom stereocenters. The van der Waals surface area contributed by atoms with E-state index in [1.807, 2.05) is 0 Å². The first-order valence-electron chi connectivity index (χ1n) is 7.62. The SMILES string of the molecule is CC(NCc1cccc(/C(N)=N/O)c1F)C1CCCCC1. The van der Waals surface area contributed by atoms with Crippen molar-refractivity contribution in [2.75, 3.05) is 0 Å². The molecule has 1 aromatic carbocycles. The van der Waals surface area contributed by atoms with Gasteiger partial charge in [-0.25, -0.2) is 4.39 Å². The minimum atomic E-state index is -0.420. The lowest BCUT2D eigenvalue weighted by atomic mass is 9.84. The van der Waals surface area contributed by atoms with Gasteiger partial charge in [0.1, 0.15) is 5.82 Å². The molecule has 1 saturated carbocycles. The number of oxime groups is 1. The van der Waals surface area contributed by atoms with Crippen LogP contribution in [-0.2, 0) is 6.54 Å². The molecule has 1 fully saturated rings. The van der Waals surface area contributed by atoms with Gasteiger partial charge in [-0.1, -0.05) is 36.6 Å². The van der Waals surface area contributed by atoms with E-state index in [0.29, 0.717) is 24.1 Å². The Bertz CT molecular complexity index is 498. The maximum absolute atomic E-state index is 14.3. The zero-order chi connectivity index (χ0) is 15.2. The molecule has 0 spiro atoms. The minimum Gasteiger partial charge on any atom is -0.409 e. The van der Waals surface area contributed by atoms with Crippen LogP contribution in [0.15, 0.2) is 23.4 Å². The number of hydrogen-bond acceptors (Lipinski definition) is 3. The highest BCUT2D eigenvalue weighted by molar-refractivity contribution is 5.97. The second-order valence-corrected chi connectivity index (χ2v) is 5.83. The highest BCUT2D eigenvalue weighted by Gasteiger charge is 2.20. The molecular formula is C16H24FN3O. The Balaban J connectivity index is 1.99. The third-order valence-electron chi connectivity index (χ3n) is 4.43. The van der Waals surface area contributed by atoms with E-state index < -0.39 is 5.82 Å². The average molecular weight is 293 g/mol. The standard InChI is InChI=1S/C16H24FN3O/c1-11(12-6-3-2-4-7-12)19-10-13-8-5-9-14(15(13)17)16(18)20-21/h5,8-9,11-12,19,21H,2-4,6-7,10H2,1H3,(H2,18,20). The Kier molecular flexibility index (Phi) is 5.56. The molecule has 0 aromatic heterocycles. The fourth-order valence-corrected chi connectivity index (χ4v) is 3.04. The number of nitrogens with two attached hydrogens (primary N) is 1. The molecule has 0 heterocycles. The van der Waals surface area contributed by atoms with E-state index >= 15 is 0 Å². The zero-order valence-corrected chi connectivity index (χ0v) is 12.5. The zero-order valence-electron chi connectivity index (χ0n) is 12.5. The lowest BCUT2D eigenvalue weighted by Gasteiger charge is -2.28. The summed E-state index contributed by atoms with van der Waals surface area (Å²) in [7, 11) is 0. The van der Waals surface area contributed by atoms with E-state index in [9.17, 15) is 4.39 Å². The molecule has 0 radical (unpaired) electrons. The van der Waals surface area contributed by atoms with Crippen molar-refractivity contribution in [1.82, 2.24) is 5.32 Å². The van der Waals surface area contributed by atoms with E-state index in [4.69, 9.17) is 10.9 Å². The highest BCUT2D eigenvalue weighted by atomic mass is 19.1. The van der Waals surface area contributed by atoms with Crippen molar-refractivity contribution in [3.8, 4) is 0 Å². The molecule has 2 rings (SSSR count). The van der Waals surface area contributed by atoms with E-state index in [0.717, 1.165) is 0 Å². The Morgan fingerprint density at radius 1 is 1.43 bits per heavy atom. The molecule has 1 atom stereocenters. The third kappa shape index (κ3) is 3.94. The van der Waals surface area contributed by atoms with E-state index in [-0.39, 0.29) is 11.4 Å². The van der Waals surface area contributed by atoms with Crippen molar-refractivity contribution in [2.45, 2.75) is 51.6 Å². The smallest absolute Gasteiger partial charge is 0.173 e. The van der Waals surface area contributed by atoms with Crippen LogP contribution < -0.4 is 11.1 Å². The largest absolute Gasteiger partial charge is 0.409 e. The van der Waals surface area contributed by atoms with Crippen LogP contribution in [0.2, 0.25) is 0 Å². The van der Waals surface area contributed by atoms with Crippen LogP contribution in [0.4, 0.5) is 4.39 Å². The van der Waals surface area contributed by atoms with Crippen molar-refractivity contribution in [1.29, 1.82) is 0 Å². The fourth-order valence-electron chi connectivity index (χ4n) is 3.04. The molecule has 4 N–H and O–H groups in total. The van der Waals surface area contributed by atoms with Crippen molar-refractivity contribution in [3.05, 3.63) is 35.1 Å². The predicted octanol–water partition coefficient (Wildman–Crippen LogP) is 2.98. The molecule has 0 aliphatic heterocycles. The Morgan fingerprint density at radius 3 is 2.81 bits per heavy atom. The summed E-state index contributed by atoms with van der Waals surface area (Å²) in [5.74, 6) is 0.0555. The van der Waals surface area contributed by atoms with Crippen LogP contribution >= 0.6 is 0 Å². The Morgan fingerprint density at radius 2 is 2.14 bits per heavy atom. The van der Waals surface area contributed by atoms with Gasteiger partial charge in [0, 0.05) is 18.2 Å². The number of amidine groups is 1. The second-order valence-electron chi connectivity index (χ2n) is 5.83. The van der Waals surface area contributed by atoms with Crippen LogP contribution in [-0.4, -0.2) is 17.1 Å². The quantitative estimate of drug-likeness (QED) is 0.338. The topological polar surface area (TPSA) is 70.6 Å². The normalized spacial score (nSPS) is 18.7. The fraction of sp³-hybridized carbons (Fsp3) is 0.562. The molecule has 0 amide bonds. The first-order chi connectivity index (χ1) is 10.1. The second kappa shape index (κ2) is 7.41. The van der Waals surface area contributed by atoms with Crippen LogP contribution in [0.25, 0.3) is 0 Å². The van der Waals surface area contributed by atoms with Crippen molar-refractivity contribution >= 4 is 5.84 Å². The molecule has 4 nitrogen and oxygen atoms in total. The van der Waals surface area contributed by atoms with Gasteiger partial charge in [-0.3, -0.25) is 0 Å². The van der Waals surface area contributed by atoms with Gasteiger partial charge in [-0.15, -0.1) is 0 Å². The molecule has 1 aliphatic carbocycles. The number of benzene rings is 1. The van der Waals surface area contributed by atoms with Gasteiger partial charge in [-0.2, -0.15) is 0 Å².